The summed E-state index contributed by atoms with van der Waals surface area (Å²) in [5.74, 6) is 0.192. The van der Waals surface area contributed by atoms with E-state index in [9.17, 15) is 13.6 Å². The molecule has 1 saturated heterocycles. The van der Waals surface area contributed by atoms with Gasteiger partial charge in [0.2, 0.25) is 11.8 Å². The zero-order valence-electron chi connectivity index (χ0n) is 36.5. The van der Waals surface area contributed by atoms with Gasteiger partial charge in [0.15, 0.2) is 0 Å². The summed E-state index contributed by atoms with van der Waals surface area (Å²) in [6, 6.07) is 10.3. The Kier molecular flexibility index (Phi) is 11.9. The molecular formula is C49H67F2N5O4. The number of halogens is 2. The molecule has 7 atom stereocenters. The van der Waals surface area contributed by atoms with Gasteiger partial charge in [0.25, 0.3) is 0 Å². The van der Waals surface area contributed by atoms with Crippen molar-refractivity contribution in [2.24, 2.45) is 34.5 Å². The largest absolute Gasteiger partial charge is 0.478 e. The van der Waals surface area contributed by atoms with Gasteiger partial charge in [0, 0.05) is 75.0 Å². The number of nitrogens with zero attached hydrogens (tertiary/aromatic N) is 5. The quantitative estimate of drug-likeness (QED) is 0.117. The minimum absolute atomic E-state index is 0.0376. The Labute approximate surface area is 354 Å². The molecule has 0 unspecified atom stereocenters. The molecule has 9 rings (SSSR count). The first kappa shape index (κ1) is 41.9. The molecular weight excluding hydrogens is 761 g/mol. The molecule has 11 heteroatoms. The van der Waals surface area contributed by atoms with Crippen LogP contribution in [0.4, 0.5) is 8.78 Å². The smallest absolute Gasteiger partial charge is 0.329 e. The SMILES string of the molecule is CN(C)CCCOc1ccc(-c2ccc3ncc4c(c3c2)n(C2CCOCC2)c(=O)n4CCCCCO[C@H]2CC[C@H]3[C@@H]4CC[C@H]5CC(F)(F)CC[C@]5(C)[C@H]4CC[C@]23C)cn1. The lowest BCUT2D eigenvalue weighted by Crippen LogP contribution is -2.55. The number of pyridine rings is 2. The highest BCUT2D eigenvalue weighted by molar-refractivity contribution is 6.04. The van der Waals surface area contributed by atoms with E-state index in [2.05, 4.69) is 62.1 Å². The minimum atomic E-state index is -2.47. The molecule has 1 aromatic carbocycles. The average Bonchev–Trinajstić information content (AvgIpc) is 3.73. The number of hydrogen-bond donors (Lipinski definition) is 0. The van der Waals surface area contributed by atoms with Gasteiger partial charge in [-0.3, -0.25) is 14.1 Å². The maximum absolute atomic E-state index is 14.5. The first-order valence-electron chi connectivity index (χ1n) is 23.3. The van der Waals surface area contributed by atoms with Crippen LogP contribution in [0.5, 0.6) is 5.88 Å². The number of benzene rings is 1. The topological polar surface area (TPSA) is 83.6 Å². The Morgan fingerprint density at radius 3 is 2.45 bits per heavy atom. The highest BCUT2D eigenvalue weighted by Gasteiger charge is 2.62. The average molecular weight is 828 g/mol. The summed E-state index contributed by atoms with van der Waals surface area (Å²) in [5.41, 5.74) is 5.01. The van der Waals surface area contributed by atoms with E-state index in [0.717, 1.165) is 117 Å². The van der Waals surface area contributed by atoms with Crippen LogP contribution >= 0.6 is 0 Å². The summed E-state index contributed by atoms with van der Waals surface area (Å²) in [6.07, 6.45) is 17.0. The molecule has 0 amide bonds. The number of rotatable bonds is 14. The second kappa shape index (κ2) is 17.0. The summed E-state index contributed by atoms with van der Waals surface area (Å²) in [5, 5.41) is 0.976. The van der Waals surface area contributed by atoms with Gasteiger partial charge in [-0.15, -0.1) is 0 Å². The zero-order chi connectivity index (χ0) is 41.6. The van der Waals surface area contributed by atoms with Crippen LogP contribution in [0.1, 0.15) is 116 Å². The van der Waals surface area contributed by atoms with E-state index in [1.165, 1.54) is 6.42 Å². The number of hydrogen-bond acceptors (Lipinski definition) is 7. The van der Waals surface area contributed by atoms with Crippen molar-refractivity contribution in [2.75, 3.05) is 47.1 Å². The normalized spacial score (nSPS) is 30.4. The van der Waals surface area contributed by atoms with Crippen molar-refractivity contribution in [1.82, 2.24) is 24.0 Å². The zero-order valence-corrected chi connectivity index (χ0v) is 36.5. The third-order valence-electron chi connectivity index (χ3n) is 16.3. The van der Waals surface area contributed by atoms with Gasteiger partial charge in [-0.2, -0.15) is 0 Å². The number of alkyl halides is 2. The van der Waals surface area contributed by atoms with E-state index in [-0.39, 0.29) is 47.4 Å². The molecule has 9 nitrogen and oxygen atoms in total. The summed E-state index contributed by atoms with van der Waals surface area (Å²) < 4.78 is 51.3. The van der Waals surface area contributed by atoms with Crippen LogP contribution in [0.15, 0.2) is 47.5 Å². The lowest BCUT2D eigenvalue weighted by Gasteiger charge is -2.61. The Bertz CT molecular complexity index is 2180. The van der Waals surface area contributed by atoms with Crippen molar-refractivity contribution in [3.05, 3.63) is 53.2 Å². The highest BCUT2D eigenvalue weighted by Crippen LogP contribution is 2.67. The number of aromatic nitrogens is 4. The third-order valence-corrected chi connectivity index (χ3v) is 16.3. The van der Waals surface area contributed by atoms with Crippen LogP contribution < -0.4 is 10.4 Å². The third kappa shape index (κ3) is 7.93. The predicted octanol–water partition coefficient (Wildman–Crippen LogP) is 10.3. The van der Waals surface area contributed by atoms with Crippen LogP contribution in [0.3, 0.4) is 0 Å². The van der Waals surface area contributed by atoms with Crippen LogP contribution in [0.25, 0.3) is 33.1 Å². The van der Waals surface area contributed by atoms with Gasteiger partial charge in [-0.1, -0.05) is 19.9 Å². The molecule has 4 heterocycles. The van der Waals surface area contributed by atoms with Crippen LogP contribution in [-0.2, 0) is 16.0 Å². The molecule has 5 fully saturated rings. The second-order valence-corrected chi connectivity index (χ2v) is 20.0. The summed E-state index contributed by atoms with van der Waals surface area (Å²) in [7, 11) is 4.12. The van der Waals surface area contributed by atoms with Crippen LogP contribution in [0.2, 0.25) is 0 Å². The van der Waals surface area contributed by atoms with Crippen molar-refractivity contribution in [2.45, 2.75) is 135 Å². The van der Waals surface area contributed by atoms with Crippen molar-refractivity contribution in [1.29, 1.82) is 0 Å². The molecule has 4 saturated carbocycles. The lowest BCUT2D eigenvalue weighted by atomic mass is 9.45. The molecule has 0 spiro atoms. The maximum Gasteiger partial charge on any atom is 0.329 e. The van der Waals surface area contributed by atoms with Crippen LogP contribution in [0, 0.1) is 34.5 Å². The van der Waals surface area contributed by atoms with Crippen molar-refractivity contribution >= 4 is 21.9 Å². The Morgan fingerprint density at radius 2 is 1.65 bits per heavy atom. The fourth-order valence-corrected chi connectivity index (χ4v) is 13.0. The maximum atomic E-state index is 14.5. The fourth-order valence-electron chi connectivity index (χ4n) is 13.0. The lowest BCUT2D eigenvalue weighted by molar-refractivity contribution is -0.169. The van der Waals surface area contributed by atoms with Gasteiger partial charge in [0.1, 0.15) is 0 Å². The molecule has 3 aromatic heterocycles. The monoisotopic (exact) mass is 828 g/mol. The van der Waals surface area contributed by atoms with E-state index in [1.807, 2.05) is 27.6 Å². The standard InChI is InChI=1S/C49H67F2N5O4/c1-47-21-22-49(50,51)30-35(47)11-12-37-39-13-15-43(48(39,2)20-17-40(37)47)59-25-7-5-6-24-55-42-32-52-41-14-9-33(34-10-16-44(53-31-34)60-26-8-23-54(3)4)29-38(41)45(42)56(46(55)57)36-18-27-58-28-19-36/h9-10,14,16,29,31-32,35-37,39-40,43H,5-8,11-13,15,17-28,30H2,1-4H3/t35-,37-,39-,40-,43-,47-,48-/m0/s1. The number of fused-ring (bicyclic) bond motifs is 8. The Morgan fingerprint density at radius 1 is 0.833 bits per heavy atom. The molecule has 4 aromatic rings. The summed E-state index contributed by atoms with van der Waals surface area (Å²) in [6.45, 7) is 9.11. The second-order valence-electron chi connectivity index (χ2n) is 20.0. The van der Waals surface area contributed by atoms with E-state index in [4.69, 9.17) is 19.2 Å². The molecule has 326 valence electrons. The van der Waals surface area contributed by atoms with Gasteiger partial charge >= 0.3 is 5.69 Å². The van der Waals surface area contributed by atoms with E-state index < -0.39 is 5.92 Å². The Hall–Kier alpha value is -3.41. The molecule has 5 aliphatic rings. The van der Waals surface area contributed by atoms with Gasteiger partial charge in [-0.05, 0) is 156 Å². The summed E-state index contributed by atoms with van der Waals surface area (Å²) >= 11 is 0. The number of aryl methyl sites for hydroxylation is 1. The fraction of sp³-hybridized carbons (Fsp3) is 0.694. The molecule has 0 bridgehead atoms. The van der Waals surface area contributed by atoms with Gasteiger partial charge < -0.3 is 19.1 Å². The molecule has 60 heavy (non-hydrogen) atoms. The van der Waals surface area contributed by atoms with E-state index in [1.54, 1.807) is 0 Å². The number of imidazole rings is 1. The van der Waals surface area contributed by atoms with Crippen LogP contribution in [-0.4, -0.2) is 83.1 Å². The first-order valence-corrected chi connectivity index (χ1v) is 23.3. The van der Waals surface area contributed by atoms with E-state index in [0.29, 0.717) is 56.4 Å². The first-order chi connectivity index (χ1) is 28.9. The molecule has 1 aliphatic heterocycles. The van der Waals surface area contributed by atoms with E-state index >= 15 is 0 Å². The predicted molar refractivity (Wildman–Crippen MR) is 233 cm³/mol. The number of unbranched alkanes of at least 4 members (excludes halogenated alkanes) is 2. The van der Waals surface area contributed by atoms with Crippen molar-refractivity contribution in [3.63, 3.8) is 0 Å². The van der Waals surface area contributed by atoms with Gasteiger partial charge in [0.05, 0.1) is 35.5 Å². The minimum Gasteiger partial charge on any atom is -0.478 e. The van der Waals surface area contributed by atoms with Crippen molar-refractivity contribution in [3.8, 4) is 17.0 Å². The van der Waals surface area contributed by atoms with Crippen molar-refractivity contribution < 1.29 is 23.0 Å². The highest BCUT2D eigenvalue weighted by atomic mass is 19.3. The number of ether oxygens (including phenoxy) is 3. The molecule has 0 N–H and O–H groups in total. The Balaban J connectivity index is 0.853. The van der Waals surface area contributed by atoms with Gasteiger partial charge in [-0.25, -0.2) is 18.6 Å². The summed E-state index contributed by atoms with van der Waals surface area (Å²) in [4.78, 5) is 26.1. The molecule has 0 radical (unpaired) electrons. The molecule has 4 aliphatic carbocycles.